The second-order valence-corrected chi connectivity index (χ2v) is 9.84. The predicted octanol–water partition coefficient (Wildman–Crippen LogP) is 4.55. The number of nitrogens with zero attached hydrogens (tertiary/aromatic N) is 1. The molecule has 0 saturated heterocycles. The average Bonchev–Trinajstić information content (AvgIpc) is 2.87. The monoisotopic (exact) mass is 489 g/mol. The van der Waals surface area contributed by atoms with Gasteiger partial charge >= 0.3 is 0 Å². The molecule has 1 amide bonds. The fourth-order valence-corrected chi connectivity index (χ4v) is 5.08. The third-order valence-electron chi connectivity index (χ3n) is 5.92. The van der Waals surface area contributed by atoms with Crippen molar-refractivity contribution in [3.63, 3.8) is 0 Å². The minimum absolute atomic E-state index is 0.0332. The highest BCUT2D eigenvalue weighted by atomic mass is 32.2. The molecule has 4 rings (SSSR count). The van der Waals surface area contributed by atoms with Crippen LogP contribution in [0, 0.1) is 0 Å². The molecule has 0 radical (unpaired) electrons. The van der Waals surface area contributed by atoms with Gasteiger partial charge < -0.3 is 9.88 Å². The number of benzene rings is 3. The van der Waals surface area contributed by atoms with Crippen LogP contribution >= 0.6 is 0 Å². The van der Waals surface area contributed by atoms with Crippen LogP contribution in [0.25, 0.3) is 10.9 Å². The summed E-state index contributed by atoms with van der Waals surface area (Å²) in [5.41, 5.74) is 2.21. The first-order chi connectivity index (χ1) is 16.8. The number of amides is 1. The second-order valence-electron chi connectivity index (χ2n) is 8.16. The Kier molecular flexibility index (Phi) is 7.02. The zero-order valence-electron chi connectivity index (χ0n) is 19.6. The molecule has 0 unspecified atom stereocenters. The minimum atomic E-state index is -3.95. The third-order valence-corrected chi connectivity index (χ3v) is 7.28. The average molecular weight is 490 g/mol. The molecule has 0 spiro atoms. The zero-order valence-corrected chi connectivity index (χ0v) is 20.4. The number of carbonyl (C=O) groups is 1. The Morgan fingerprint density at radius 2 is 1.69 bits per heavy atom. The van der Waals surface area contributed by atoms with Gasteiger partial charge in [0, 0.05) is 30.2 Å². The van der Waals surface area contributed by atoms with Crippen molar-refractivity contribution in [3.8, 4) is 0 Å². The van der Waals surface area contributed by atoms with Crippen LogP contribution in [0.1, 0.15) is 35.3 Å². The van der Waals surface area contributed by atoms with E-state index in [-0.39, 0.29) is 15.8 Å². The first-order valence-corrected chi connectivity index (χ1v) is 12.9. The quantitative estimate of drug-likeness (QED) is 0.379. The van der Waals surface area contributed by atoms with Crippen molar-refractivity contribution in [2.24, 2.45) is 0 Å². The molecule has 2 N–H and O–H groups in total. The highest BCUT2D eigenvalue weighted by molar-refractivity contribution is 7.92. The number of aryl methyl sites for hydroxylation is 1. The number of hydrogen-bond donors (Lipinski definition) is 2. The van der Waals surface area contributed by atoms with E-state index in [0.29, 0.717) is 30.7 Å². The maximum Gasteiger partial charge on any atom is 0.261 e. The molecule has 0 aliphatic heterocycles. The van der Waals surface area contributed by atoms with Gasteiger partial charge in [0.25, 0.3) is 15.9 Å². The van der Waals surface area contributed by atoms with Crippen molar-refractivity contribution in [3.05, 3.63) is 106 Å². The van der Waals surface area contributed by atoms with E-state index in [1.807, 2.05) is 56.3 Å². The fraction of sp³-hybridized carbons (Fsp3) is 0.185. The van der Waals surface area contributed by atoms with Crippen molar-refractivity contribution in [2.45, 2.75) is 31.7 Å². The van der Waals surface area contributed by atoms with Crippen LogP contribution in [0.5, 0.6) is 0 Å². The number of aromatic nitrogens is 1. The lowest BCUT2D eigenvalue weighted by atomic mass is 10.1. The summed E-state index contributed by atoms with van der Waals surface area (Å²) in [4.78, 5) is 31.0. The van der Waals surface area contributed by atoms with Crippen LogP contribution in [0.3, 0.4) is 0 Å². The first kappa shape index (κ1) is 24.2. The van der Waals surface area contributed by atoms with Gasteiger partial charge in [-0.3, -0.25) is 14.3 Å². The molecule has 0 aliphatic rings. The van der Waals surface area contributed by atoms with Gasteiger partial charge in [0.2, 0.25) is 5.43 Å². The number of anilines is 1. The number of pyridine rings is 1. The molecule has 1 heterocycles. The summed E-state index contributed by atoms with van der Waals surface area (Å²) in [6, 6.07) is 21.0. The summed E-state index contributed by atoms with van der Waals surface area (Å²) in [5, 5.41) is 0.137. The van der Waals surface area contributed by atoms with Gasteiger partial charge in [-0.25, -0.2) is 8.42 Å². The Labute approximate surface area is 204 Å². The Morgan fingerprint density at radius 1 is 0.971 bits per heavy atom. The lowest BCUT2D eigenvalue weighted by Crippen LogP contribution is -2.33. The van der Waals surface area contributed by atoms with E-state index in [2.05, 4.69) is 9.71 Å². The van der Waals surface area contributed by atoms with Crippen molar-refractivity contribution >= 4 is 32.5 Å². The maximum absolute atomic E-state index is 13.3. The molecular formula is C27H27N3O4S. The highest BCUT2D eigenvalue weighted by Crippen LogP contribution is 2.22. The molecule has 0 fully saturated rings. The number of sulfonamides is 1. The fourth-order valence-electron chi connectivity index (χ4n) is 3.96. The number of rotatable bonds is 8. The van der Waals surface area contributed by atoms with Crippen molar-refractivity contribution in [1.82, 2.24) is 9.88 Å². The van der Waals surface area contributed by atoms with Crippen molar-refractivity contribution in [1.29, 1.82) is 0 Å². The number of carbonyl (C=O) groups excluding carboxylic acids is 1. The normalized spacial score (nSPS) is 11.4. The maximum atomic E-state index is 13.3. The Bertz CT molecular complexity index is 1530. The third kappa shape index (κ3) is 5.12. The number of H-pyrrole nitrogens is 1. The minimum Gasteiger partial charge on any atom is -0.360 e. The molecule has 4 aromatic rings. The summed E-state index contributed by atoms with van der Waals surface area (Å²) in [6.45, 7) is 4.57. The largest absolute Gasteiger partial charge is 0.360 e. The van der Waals surface area contributed by atoms with E-state index < -0.39 is 21.4 Å². The van der Waals surface area contributed by atoms with Crippen LogP contribution in [-0.2, 0) is 23.0 Å². The van der Waals surface area contributed by atoms with Gasteiger partial charge in [-0.05, 0) is 48.7 Å². The second kappa shape index (κ2) is 10.1. The Balaban J connectivity index is 1.69. The summed E-state index contributed by atoms with van der Waals surface area (Å²) in [6.07, 6.45) is 2.06. The molecule has 8 heteroatoms. The summed E-state index contributed by atoms with van der Waals surface area (Å²) in [5.74, 6) is -0.414. The van der Waals surface area contributed by atoms with Crippen LogP contribution < -0.4 is 10.2 Å². The molecule has 180 valence electrons. The molecular weight excluding hydrogens is 462 g/mol. The van der Waals surface area contributed by atoms with E-state index >= 15 is 0 Å². The molecule has 7 nitrogen and oxygen atoms in total. The lowest BCUT2D eigenvalue weighted by Gasteiger charge is -2.21. The molecule has 0 bridgehead atoms. The van der Waals surface area contributed by atoms with E-state index in [9.17, 15) is 18.0 Å². The van der Waals surface area contributed by atoms with Crippen LogP contribution in [-0.4, -0.2) is 30.8 Å². The molecule has 1 aromatic heterocycles. The molecule has 0 aliphatic carbocycles. The van der Waals surface area contributed by atoms with E-state index in [4.69, 9.17) is 0 Å². The Morgan fingerprint density at radius 3 is 2.40 bits per heavy atom. The van der Waals surface area contributed by atoms with Gasteiger partial charge in [-0.15, -0.1) is 0 Å². The molecule has 0 saturated carbocycles. The summed E-state index contributed by atoms with van der Waals surface area (Å²) >= 11 is 0. The Hall–Kier alpha value is -3.91. The molecule has 35 heavy (non-hydrogen) atoms. The van der Waals surface area contributed by atoms with Crippen LogP contribution in [0.15, 0.2) is 88.7 Å². The summed E-state index contributed by atoms with van der Waals surface area (Å²) in [7, 11) is -3.95. The smallest absolute Gasteiger partial charge is 0.261 e. The van der Waals surface area contributed by atoms with E-state index in [0.717, 1.165) is 11.1 Å². The zero-order chi connectivity index (χ0) is 25.0. The van der Waals surface area contributed by atoms with Gasteiger partial charge in [0.15, 0.2) is 0 Å². The lowest BCUT2D eigenvalue weighted by molar-refractivity contribution is 0.0751. The van der Waals surface area contributed by atoms with Gasteiger partial charge in [-0.1, -0.05) is 55.5 Å². The predicted molar refractivity (Wildman–Crippen MR) is 138 cm³/mol. The van der Waals surface area contributed by atoms with E-state index in [1.54, 1.807) is 17.0 Å². The van der Waals surface area contributed by atoms with Gasteiger partial charge in [0.1, 0.15) is 5.56 Å². The van der Waals surface area contributed by atoms with Crippen molar-refractivity contribution in [2.75, 3.05) is 11.3 Å². The molecule has 3 aromatic carbocycles. The molecule has 0 atom stereocenters. The van der Waals surface area contributed by atoms with Crippen LogP contribution in [0.4, 0.5) is 5.69 Å². The number of fused-ring (bicyclic) bond motifs is 1. The van der Waals surface area contributed by atoms with Crippen molar-refractivity contribution < 1.29 is 13.2 Å². The number of aromatic amines is 1. The van der Waals surface area contributed by atoms with Gasteiger partial charge in [-0.2, -0.15) is 0 Å². The first-order valence-electron chi connectivity index (χ1n) is 11.4. The SMILES string of the molecule is CCc1ccccc1NS(=O)(=O)c1ccc2[nH]cc(C(=O)N(CC)Cc3ccccc3)c(=O)c2c1. The van der Waals surface area contributed by atoms with Crippen LogP contribution in [0.2, 0.25) is 0 Å². The number of nitrogens with one attached hydrogen (secondary N) is 2. The standard InChI is InChI=1S/C27H27N3O4S/c1-3-20-12-8-9-13-24(20)29-35(33,34)21-14-15-25-22(16-21)26(31)23(17-28-25)27(32)30(4-2)18-19-10-6-5-7-11-19/h5-17,29H,3-4,18H2,1-2H3,(H,28,31). The highest BCUT2D eigenvalue weighted by Gasteiger charge is 2.21. The van der Waals surface area contributed by atoms with E-state index in [1.165, 1.54) is 24.4 Å². The van der Waals surface area contributed by atoms with Gasteiger partial charge in [0.05, 0.1) is 10.6 Å². The number of hydrogen-bond acceptors (Lipinski definition) is 4. The number of para-hydroxylation sites is 1. The summed E-state index contributed by atoms with van der Waals surface area (Å²) < 4.78 is 28.8. The topological polar surface area (TPSA) is 99.3 Å².